The zero-order valence-electron chi connectivity index (χ0n) is 19.1. The molecule has 186 valence electrons. The summed E-state index contributed by atoms with van der Waals surface area (Å²) in [6.45, 7) is 2.88. The highest BCUT2D eigenvalue weighted by molar-refractivity contribution is 6.31. The normalized spacial score (nSPS) is 40.9. The maximum atomic E-state index is 13.5. The van der Waals surface area contributed by atoms with Crippen LogP contribution in [0.1, 0.15) is 65.5 Å². The van der Waals surface area contributed by atoms with Gasteiger partial charge >= 0.3 is 0 Å². The van der Waals surface area contributed by atoms with Crippen molar-refractivity contribution in [1.82, 2.24) is 0 Å². The SMILES string of the molecule is C[C@H]1OC(c2ccc3c(c2O)C(=O)C2=C(C3=O)[C@]3(O)C(=O)C[C@](C)(O)C[C@@]3(O)C=C2)C[C@@H](O)[C@@H]1O. The summed E-state index contributed by atoms with van der Waals surface area (Å²) >= 11 is 0. The number of aliphatic hydroxyl groups is 5. The molecule has 2 fully saturated rings. The van der Waals surface area contributed by atoms with Gasteiger partial charge in [0.25, 0.3) is 0 Å². The van der Waals surface area contributed by atoms with Gasteiger partial charge in [-0.05, 0) is 26.0 Å². The molecule has 0 spiro atoms. The fourth-order valence-corrected chi connectivity index (χ4v) is 5.82. The number of hydrogen-bond donors (Lipinski definition) is 6. The molecule has 1 saturated heterocycles. The number of rotatable bonds is 1. The molecule has 1 saturated carbocycles. The van der Waals surface area contributed by atoms with E-state index in [1.165, 1.54) is 19.1 Å². The van der Waals surface area contributed by atoms with Crippen LogP contribution in [-0.2, 0) is 9.53 Å². The molecule has 10 nitrogen and oxygen atoms in total. The first-order chi connectivity index (χ1) is 16.2. The average molecular weight is 486 g/mol. The lowest BCUT2D eigenvalue weighted by atomic mass is 9.57. The van der Waals surface area contributed by atoms with Gasteiger partial charge in [0.1, 0.15) is 17.5 Å². The predicted octanol–water partition coefficient (Wildman–Crippen LogP) is -0.215. The van der Waals surface area contributed by atoms with Crippen molar-refractivity contribution in [3.8, 4) is 5.75 Å². The summed E-state index contributed by atoms with van der Waals surface area (Å²) < 4.78 is 5.70. The highest BCUT2D eigenvalue weighted by Gasteiger charge is 2.66. The first kappa shape index (κ1) is 24.0. The van der Waals surface area contributed by atoms with Crippen molar-refractivity contribution >= 4 is 17.3 Å². The number of ether oxygens (including phenoxy) is 1. The predicted molar refractivity (Wildman–Crippen MR) is 118 cm³/mol. The lowest BCUT2D eigenvalue weighted by Gasteiger charge is -2.51. The summed E-state index contributed by atoms with van der Waals surface area (Å²) in [7, 11) is 0. The first-order valence-electron chi connectivity index (χ1n) is 11.3. The van der Waals surface area contributed by atoms with Crippen molar-refractivity contribution in [3.63, 3.8) is 0 Å². The maximum absolute atomic E-state index is 13.5. The number of carbonyl (C=O) groups excluding carboxylic acids is 3. The number of phenolic OH excluding ortho intramolecular Hbond substituents is 1. The van der Waals surface area contributed by atoms with Crippen molar-refractivity contribution < 1.29 is 49.8 Å². The lowest BCUT2D eigenvalue weighted by molar-refractivity contribution is -0.183. The topological polar surface area (TPSA) is 182 Å². The number of phenols is 1. The minimum atomic E-state index is -2.75. The summed E-state index contributed by atoms with van der Waals surface area (Å²) in [6.07, 6.45) is -2.78. The number of aromatic hydroxyl groups is 1. The van der Waals surface area contributed by atoms with E-state index in [4.69, 9.17) is 4.74 Å². The van der Waals surface area contributed by atoms with E-state index in [0.29, 0.717) is 0 Å². The molecule has 10 heteroatoms. The zero-order valence-corrected chi connectivity index (χ0v) is 19.1. The quantitative estimate of drug-likeness (QED) is 0.311. The summed E-state index contributed by atoms with van der Waals surface area (Å²) in [5, 5.41) is 64.1. The van der Waals surface area contributed by atoms with Crippen LogP contribution in [-0.4, -0.2) is 83.1 Å². The fraction of sp³-hybridized carbons (Fsp3) is 0.480. The van der Waals surface area contributed by atoms with Gasteiger partial charge in [-0.25, -0.2) is 0 Å². The van der Waals surface area contributed by atoms with Crippen LogP contribution in [0.2, 0.25) is 0 Å². The van der Waals surface area contributed by atoms with E-state index < -0.39 is 82.7 Å². The summed E-state index contributed by atoms with van der Waals surface area (Å²) in [5.41, 5.74) is -8.12. The van der Waals surface area contributed by atoms with E-state index in [-0.39, 0.29) is 28.7 Å². The largest absolute Gasteiger partial charge is 0.507 e. The minimum absolute atomic E-state index is 0.0605. The van der Waals surface area contributed by atoms with Crippen LogP contribution >= 0.6 is 0 Å². The van der Waals surface area contributed by atoms with Crippen LogP contribution in [0.4, 0.5) is 0 Å². The van der Waals surface area contributed by atoms with Gasteiger partial charge in [0.15, 0.2) is 23.0 Å². The van der Waals surface area contributed by atoms with Gasteiger partial charge in [-0.1, -0.05) is 12.1 Å². The van der Waals surface area contributed by atoms with Crippen LogP contribution in [0.3, 0.4) is 0 Å². The molecule has 0 aromatic heterocycles. The van der Waals surface area contributed by atoms with Gasteiger partial charge in [0, 0.05) is 36.0 Å². The molecule has 6 N–H and O–H groups in total. The van der Waals surface area contributed by atoms with Gasteiger partial charge in [0.05, 0.1) is 35.0 Å². The number of benzene rings is 1. The number of fused-ring (bicyclic) bond motifs is 3. The fourth-order valence-electron chi connectivity index (χ4n) is 5.82. The number of aliphatic hydroxyl groups excluding tert-OH is 2. The Morgan fingerprint density at radius 3 is 2.40 bits per heavy atom. The number of allylic oxidation sites excluding steroid dienone is 2. The Morgan fingerprint density at radius 1 is 1.06 bits per heavy atom. The molecule has 35 heavy (non-hydrogen) atoms. The molecule has 1 aliphatic heterocycles. The Labute approximate surface area is 199 Å². The molecule has 3 aliphatic carbocycles. The standard InChI is InChI=1S/C25H26O10/c1-10-19(28)14(26)7-15(35-10)11-3-4-12-17(20(11)29)21(30)13-5-6-24(33)9-23(2,32)8-16(27)25(24,34)18(13)22(12)31/h3-6,10,14-15,19,26,28-29,32-34H,7-9H2,1-2H3/t10-,14-,15?,19-,23+,24+,25-/m1/s1. The number of hydrogen-bond acceptors (Lipinski definition) is 10. The molecule has 0 bridgehead atoms. The Hall–Kier alpha value is -2.73. The minimum Gasteiger partial charge on any atom is -0.507 e. The van der Waals surface area contributed by atoms with Crippen molar-refractivity contribution in [2.24, 2.45) is 0 Å². The van der Waals surface area contributed by atoms with Gasteiger partial charge in [0.2, 0.25) is 0 Å². The molecule has 1 unspecified atom stereocenters. The number of Topliss-reactive ketones (excluding diaryl/α,β-unsaturated/α-hetero) is 3. The smallest absolute Gasteiger partial charge is 0.198 e. The lowest BCUT2D eigenvalue weighted by Crippen LogP contribution is -2.69. The van der Waals surface area contributed by atoms with E-state index in [9.17, 15) is 45.0 Å². The van der Waals surface area contributed by atoms with E-state index in [2.05, 4.69) is 0 Å². The summed E-state index contributed by atoms with van der Waals surface area (Å²) in [5.74, 6) is -3.30. The third-order valence-electron chi connectivity index (χ3n) is 7.59. The van der Waals surface area contributed by atoms with Crippen molar-refractivity contribution in [3.05, 3.63) is 52.1 Å². The Kier molecular flexibility index (Phi) is 5.06. The highest BCUT2D eigenvalue weighted by Crippen LogP contribution is 2.51. The monoisotopic (exact) mass is 486 g/mol. The number of ketones is 3. The third kappa shape index (κ3) is 3.15. The molecule has 1 aromatic carbocycles. The van der Waals surface area contributed by atoms with E-state index in [1.54, 1.807) is 6.92 Å². The van der Waals surface area contributed by atoms with Crippen molar-refractivity contribution in [1.29, 1.82) is 0 Å². The molecule has 4 aliphatic rings. The van der Waals surface area contributed by atoms with Crippen LogP contribution < -0.4 is 0 Å². The van der Waals surface area contributed by atoms with Crippen LogP contribution in [0.5, 0.6) is 5.75 Å². The van der Waals surface area contributed by atoms with Crippen molar-refractivity contribution in [2.75, 3.05) is 0 Å². The molecule has 0 radical (unpaired) electrons. The van der Waals surface area contributed by atoms with Gasteiger partial charge in [-0.3, -0.25) is 14.4 Å². The second-order valence-corrected chi connectivity index (χ2v) is 10.2. The van der Waals surface area contributed by atoms with Crippen LogP contribution in [0.25, 0.3) is 0 Å². The molecule has 1 heterocycles. The van der Waals surface area contributed by atoms with E-state index >= 15 is 0 Å². The zero-order chi connectivity index (χ0) is 25.7. The summed E-state index contributed by atoms with van der Waals surface area (Å²) in [4.78, 5) is 40.0. The Balaban J connectivity index is 1.62. The number of carbonyl (C=O) groups is 3. The maximum Gasteiger partial charge on any atom is 0.198 e. The van der Waals surface area contributed by atoms with Gasteiger partial charge in [-0.2, -0.15) is 0 Å². The van der Waals surface area contributed by atoms with E-state index in [0.717, 1.165) is 12.2 Å². The molecular weight excluding hydrogens is 460 g/mol. The Bertz CT molecular complexity index is 1230. The molecule has 1 aromatic rings. The summed E-state index contributed by atoms with van der Waals surface area (Å²) in [6, 6.07) is 2.60. The van der Waals surface area contributed by atoms with Gasteiger partial charge < -0.3 is 35.4 Å². The molecule has 0 amide bonds. The van der Waals surface area contributed by atoms with Gasteiger partial charge in [-0.15, -0.1) is 0 Å². The van der Waals surface area contributed by atoms with Crippen LogP contribution in [0.15, 0.2) is 35.4 Å². The van der Waals surface area contributed by atoms with Crippen LogP contribution in [0, 0.1) is 0 Å². The average Bonchev–Trinajstić information content (AvgIpc) is 2.75. The third-order valence-corrected chi connectivity index (χ3v) is 7.59. The highest BCUT2D eigenvalue weighted by atomic mass is 16.5. The second kappa shape index (κ2) is 7.39. The molecular formula is C25H26O10. The Morgan fingerprint density at radius 2 is 1.74 bits per heavy atom. The van der Waals surface area contributed by atoms with E-state index in [1.807, 2.05) is 0 Å². The van der Waals surface area contributed by atoms with Crippen molar-refractivity contribution in [2.45, 2.75) is 74.3 Å². The molecule has 5 rings (SSSR count). The first-order valence-corrected chi connectivity index (χ1v) is 11.3. The molecule has 7 atom stereocenters. The second-order valence-electron chi connectivity index (χ2n) is 10.2.